The Morgan fingerprint density at radius 3 is 2.62 bits per heavy atom. The second-order valence-corrected chi connectivity index (χ2v) is 7.79. The van der Waals surface area contributed by atoms with Crippen LogP contribution < -0.4 is 10.1 Å². The van der Waals surface area contributed by atoms with Crippen LogP contribution in [0.2, 0.25) is 0 Å². The SMILES string of the molecule is CNC(c1ccc(C(C)(C)C)s1)C1COc2ccccc21. The number of nitrogens with one attached hydrogen (secondary N) is 1. The molecule has 2 aromatic rings. The normalized spacial score (nSPS) is 19.1. The van der Waals surface area contributed by atoms with E-state index in [0.29, 0.717) is 12.0 Å². The first-order chi connectivity index (χ1) is 10.0. The van der Waals surface area contributed by atoms with Crippen molar-refractivity contribution in [3.8, 4) is 5.75 Å². The molecule has 2 unspecified atom stereocenters. The van der Waals surface area contributed by atoms with Crippen molar-refractivity contribution < 1.29 is 4.74 Å². The lowest BCUT2D eigenvalue weighted by Gasteiger charge is -2.22. The van der Waals surface area contributed by atoms with Gasteiger partial charge in [0.05, 0.1) is 12.6 Å². The van der Waals surface area contributed by atoms with Crippen LogP contribution in [0.25, 0.3) is 0 Å². The topological polar surface area (TPSA) is 21.3 Å². The summed E-state index contributed by atoms with van der Waals surface area (Å²) in [6.45, 7) is 7.56. The van der Waals surface area contributed by atoms with Crippen LogP contribution in [-0.2, 0) is 5.41 Å². The summed E-state index contributed by atoms with van der Waals surface area (Å²) < 4.78 is 5.85. The van der Waals surface area contributed by atoms with Gasteiger partial charge in [-0.2, -0.15) is 0 Å². The quantitative estimate of drug-likeness (QED) is 0.902. The molecule has 1 aliphatic heterocycles. The molecule has 2 atom stereocenters. The predicted octanol–water partition coefficient (Wildman–Crippen LogP) is 4.48. The minimum absolute atomic E-state index is 0.214. The lowest BCUT2D eigenvalue weighted by molar-refractivity contribution is 0.305. The lowest BCUT2D eigenvalue weighted by Crippen LogP contribution is -2.24. The molecular weight excluding hydrogens is 278 g/mol. The molecule has 3 heteroatoms. The molecule has 112 valence electrons. The summed E-state index contributed by atoms with van der Waals surface area (Å²) >= 11 is 1.92. The van der Waals surface area contributed by atoms with Crippen molar-refractivity contribution in [1.29, 1.82) is 0 Å². The fraction of sp³-hybridized carbons (Fsp3) is 0.444. The molecule has 2 heterocycles. The Balaban J connectivity index is 1.91. The Kier molecular flexibility index (Phi) is 3.80. The standard InChI is InChI=1S/C18H23NOS/c1-18(2,3)16-10-9-15(21-16)17(19-4)13-11-20-14-8-6-5-7-12(13)14/h5-10,13,17,19H,11H2,1-4H3. The molecule has 2 nitrogen and oxygen atoms in total. The third kappa shape index (κ3) is 2.72. The highest BCUT2D eigenvalue weighted by atomic mass is 32.1. The zero-order valence-electron chi connectivity index (χ0n) is 13.1. The molecule has 0 saturated heterocycles. The second kappa shape index (κ2) is 5.47. The largest absolute Gasteiger partial charge is 0.493 e. The summed E-state index contributed by atoms with van der Waals surface area (Å²) in [5, 5.41) is 3.50. The van der Waals surface area contributed by atoms with Gasteiger partial charge in [0.25, 0.3) is 0 Å². The summed E-state index contributed by atoms with van der Waals surface area (Å²) in [6.07, 6.45) is 0. The van der Waals surface area contributed by atoms with Crippen LogP contribution in [-0.4, -0.2) is 13.7 Å². The fourth-order valence-corrected chi connectivity index (χ4v) is 4.17. The Labute approximate surface area is 131 Å². The minimum atomic E-state index is 0.214. The molecule has 0 aliphatic carbocycles. The van der Waals surface area contributed by atoms with E-state index < -0.39 is 0 Å². The van der Waals surface area contributed by atoms with Gasteiger partial charge in [0.1, 0.15) is 5.75 Å². The van der Waals surface area contributed by atoms with Crippen molar-refractivity contribution in [2.45, 2.75) is 38.1 Å². The second-order valence-electron chi connectivity index (χ2n) is 6.67. The van der Waals surface area contributed by atoms with Gasteiger partial charge in [0.15, 0.2) is 0 Å². The van der Waals surface area contributed by atoms with Crippen LogP contribution in [0.5, 0.6) is 5.75 Å². The number of rotatable bonds is 3. The zero-order chi connectivity index (χ0) is 15.0. The minimum Gasteiger partial charge on any atom is -0.493 e. The van der Waals surface area contributed by atoms with E-state index in [4.69, 9.17) is 4.74 Å². The van der Waals surface area contributed by atoms with E-state index in [-0.39, 0.29) is 5.41 Å². The van der Waals surface area contributed by atoms with Crippen LogP contribution in [0.3, 0.4) is 0 Å². The molecule has 1 aliphatic rings. The van der Waals surface area contributed by atoms with E-state index in [1.165, 1.54) is 15.3 Å². The van der Waals surface area contributed by atoms with Crippen molar-refractivity contribution in [2.75, 3.05) is 13.7 Å². The van der Waals surface area contributed by atoms with Gasteiger partial charge in [-0.05, 0) is 30.7 Å². The number of benzene rings is 1. The molecule has 0 spiro atoms. The maximum atomic E-state index is 5.85. The summed E-state index contributed by atoms with van der Waals surface area (Å²) in [5.74, 6) is 1.42. The molecule has 3 rings (SSSR count). The number of likely N-dealkylation sites (N-methyl/N-ethyl adjacent to an activating group) is 1. The number of para-hydroxylation sites is 1. The van der Waals surface area contributed by atoms with E-state index in [1.54, 1.807) is 0 Å². The van der Waals surface area contributed by atoms with Crippen molar-refractivity contribution >= 4 is 11.3 Å². The number of hydrogen-bond acceptors (Lipinski definition) is 3. The molecule has 0 saturated carbocycles. The molecule has 21 heavy (non-hydrogen) atoms. The molecule has 1 N–H and O–H groups in total. The van der Waals surface area contributed by atoms with Crippen molar-refractivity contribution in [1.82, 2.24) is 5.32 Å². The van der Waals surface area contributed by atoms with Gasteiger partial charge in [-0.3, -0.25) is 0 Å². The van der Waals surface area contributed by atoms with Crippen LogP contribution in [0, 0.1) is 0 Å². The van der Waals surface area contributed by atoms with Gasteiger partial charge in [0, 0.05) is 21.2 Å². The van der Waals surface area contributed by atoms with E-state index in [9.17, 15) is 0 Å². The third-order valence-electron chi connectivity index (χ3n) is 4.12. The van der Waals surface area contributed by atoms with Gasteiger partial charge in [-0.25, -0.2) is 0 Å². The van der Waals surface area contributed by atoms with Crippen LogP contribution >= 0.6 is 11.3 Å². The molecule has 0 bridgehead atoms. The zero-order valence-corrected chi connectivity index (χ0v) is 14.0. The molecular formula is C18H23NOS. The number of ether oxygens (including phenoxy) is 1. The average Bonchev–Trinajstić information content (AvgIpc) is 3.07. The van der Waals surface area contributed by atoms with Gasteiger partial charge in [0.2, 0.25) is 0 Å². The van der Waals surface area contributed by atoms with Gasteiger partial charge in [-0.1, -0.05) is 39.0 Å². The van der Waals surface area contributed by atoms with E-state index >= 15 is 0 Å². The first-order valence-corrected chi connectivity index (χ1v) is 8.31. The maximum Gasteiger partial charge on any atom is 0.122 e. The Morgan fingerprint density at radius 2 is 1.95 bits per heavy atom. The Bertz CT molecular complexity index is 626. The number of hydrogen-bond donors (Lipinski definition) is 1. The lowest BCUT2D eigenvalue weighted by atomic mass is 9.92. The molecule has 1 aromatic heterocycles. The molecule has 0 fully saturated rings. The summed E-state index contributed by atoms with van der Waals surface area (Å²) in [4.78, 5) is 2.83. The van der Waals surface area contributed by atoms with Crippen LogP contribution in [0.15, 0.2) is 36.4 Å². The average molecular weight is 301 g/mol. The predicted molar refractivity (Wildman–Crippen MR) is 89.5 cm³/mol. The van der Waals surface area contributed by atoms with Crippen LogP contribution in [0.4, 0.5) is 0 Å². The van der Waals surface area contributed by atoms with Gasteiger partial charge >= 0.3 is 0 Å². The van der Waals surface area contributed by atoms with Crippen LogP contribution in [0.1, 0.15) is 48.0 Å². The number of fused-ring (bicyclic) bond motifs is 1. The van der Waals surface area contributed by atoms with Crippen molar-refractivity contribution in [3.05, 3.63) is 51.7 Å². The fourth-order valence-electron chi connectivity index (χ4n) is 2.93. The highest BCUT2D eigenvalue weighted by molar-refractivity contribution is 7.12. The monoisotopic (exact) mass is 301 g/mol. The Morgan fingerprint density at radius 1 is 1.19 bits per heavy atom. The molecule has 0 radical (unpaired) electrons. The van der Waals surface area contributed by atoms with Gasteiger partial charge < -0.3 is 10.1 Å². The third-order valence-corrected chi connectivity index (χ3v) is 5.72. The first-order valence-electron chi connectivity index (χ1n) is 7.50. The highest BCUT2D eigenvalue weighted by Crippen LogP contribution is 2.43. The van der Waals surface area contributed by atoms with Crippen molar-refractivity contribution in [2.24, 2.45) is 0 Å². The first kappa shape index (κ1) is 14.6. The van der Waals surface area contributed by atoms with Gasteiger partial charge in [-0.15, -0.1) is 11.3 Å². The highest BCUT2D eigenvalue weighted by Gasteiger charge is 2.32. The summed E-state index contributed by atoms with van der Waals surface area (Å²) in [6, 6.07) is 13.3. The van der Waals surface area contributed by atoms with E-state index in [1.807, 2.05) is 24.5 Å². The van der Waals surface area contributed by atoms with Crippen molar-refractivity contribution in [3.63, 3.8) is 0 Å². The molecule has 0 amide bonds. The summed E-state index contributed by atoms with van der Waals surface area (Å²) in [7, 11) is 2.04. The maximum absolute atomic E-state index is 5.85. The van der Waals surface area contributed by atoms with E-state index in [0.717, 1.165) is 12.4 Å². The smallest absolute Gasteiger partial charge is 0.122 e. The molecule has 1 aromatic carbocycles. The Hall–Kier alpha value is -1.32. The summed E-state index contributed by atoms with van der Waals surface area (Å²) in [5.41, 5.74) is 1.54. The number of thiophene rings is 1. The van der Waals surface area contributed by atoms with E-state index in [2.05, 4.69) is 56.4 Å².